The van der Waals surface area contributed by atoms with Gasteiger partial charge in [-0.15, -0.1) is 0 Å². The maximum absolute atomic E-state index is 12.3. The molecule has 0 aliphatic heterocycles. The molecule has 2 rings (SSSR count). The van der Waals surface area contributed by atoms with Crippen LogP contribution in [0.3, 0.4) is 0 Å². The van der Waals surface area contributed by atoms with Gasteiger partial charge in [-0.05, 0) is 48.4 Å². The Bertz CT molecular complexity index is 812. The van der Waals surface area contributed by atoms with Crippen molar-refractivity contribution in [3.63, 3.8) is 0 Å². The number of alkyl halides is 2. The van der Waals surface area contributed by atoms with Crippen molar-refractivity contribution >= 4 is 23.3 Å². The van der Waals surface area contributed by atoms with Crippen LogP contribution in [0.25, 0.3) is 0 Å². The van der Waals surface area contributed by atoms with Crippen molar-refractivity contribution in [1.82, 2.24) is 5.32 Å². The Morgan fingerprint density at radius 2 is 1.79 bits per heavy atom. The number of rotatable bonds is 10. The van der Waals surface area contributed by atoms with Gasteiger partial charge in [-0.3, -0.25) is 9.59 Å². The summed E-state index contributed by atoms with van der Waals surface area (Å²) in [6.07, 6.45) is 0.648. The number of carbonyl (C=O) groups excluding carboxylic acids is 2. The Hall–Kier alpha value is -2.67. The lowest BCUT2D eigenvalue weighted by atomic mass is 10.1. The molecule has 150 valence electrons. The molecule has 2 aromatic carbocycles. The second kappa shape index (κ2) is 10.6. The predicted octanol–water partition coefficient (Wildman–Crippen LogP) is 4.27. The molecule has 0 aliphatic carbocycles. The predicted molar refractivity (Wildman–Crippen MR) is 101 cm³/mol. The second-order valence-corrected chi connectivity index (χ2v) is 6.33. The maximum Gasteiger partial charge on any atom is 0.387 e. The molecule has 0 aliphatic rings. The lowest BCUT2D eigenvalue weighted by molar-refractivity contribution is -0.121. The van der Waals surface area contributed by atoms with E-state index >= 15 is 0 Å². The quantitative estimate of drug-likeness (QED) is 0.593. The van der Waals surface area contributed by atoms with Crippen LogP contribution >= 0.6 is 11.6 Å². The van der Waals surface area contributed by atoms with Crippen molar-refractivity contribution in [1.29, 1.82) is 0 Å². The first-order chi connectivity index (χ1) is 13.4. The van der Waals surface area contributed by atoms with E-state index in [4.69, 9.17) is 16.3 Å². The Kier molecular flexibility index (Phi) is 8.19. The average molecular weight is 412 g/mol. The summed E-state index contributed by atoms with van der Waals surface area (Å²) in [4.78, 5) is 23.9. The highest BCUT2D eigenvalue weighted by atomic mass is 35.5. The number of hydrogen-bond acceptors (Lipinski definition) is 4. The molecule has 0 saturated carbocycles. The Morgan fingerprint density at radius 3 is 2.43 bits per heavy atom. The van der Waals surface area contributed by atoms with Gasteiger partial charge in [0.25, 0.3) is 0 Å². The molecule has 0 radical (unpaired) electrons. The molecule has 5 nitrogen and oxygen atoms in total. The van der Waals surface area contributed by atoms with E-state index in [2.05, 4.69) is 10.1 Å². The molecule has 0 heterocycles. The third kappa shape index (κ3) is 6.81. The fourth-order valence-electron chi connectivity index (χ4n) is 2.50. The van der Waals surface area contributed by atoms with Crippen molar-refractivity contribution < 1.29 is 27.8 Å². The first-order valence-electron chi connectivity index (χ1n) is 8.56. The van der Waals surface area contributed by atoms with Crippen LogP contribution in [-0.2, 0) is 11.2 Å². The van der Waals surface area contributed by atoms with Crippen molar-refractivity contribution in [2.75, 3.05) is 13.7 Å². The van der Waals surface area contributed by atoms with Gasteiger partial charge in [0.1, 0.15) is 0 Å². The summed E-state index contributed by atoms with van der Waals surface area (Å²) in [6.45, 7) is -2.60. The van der Waals surface area contributed by atoms with Gasteiger partial charge in [0.05, 0.1) is 7.11 Å². The van der Waals surface area contributed by atoms with Crippen LogP contribution in [-0.4, -0.2) is 32.0 Å². The number of amides is 1. The van der Waals surface area contributed by atoms with Gasteiger partial charge in [0.2, 0.25) is 5.91 Å². The van der Waals surface area contributed by atoms with Crippen LogP contribution in [0.5, 0.6) is 11.5 Å². The van der Waals surface area contributed by atoms with Gasteiger partial charge in [0, 0.05) is 30.0 Å². The molecular formula is C20H20ClF2NO4. The number of hydrogen-bond donors (Lipinski definition) is 1. The minimum atomic E-state index is -2.94. The lowest BCUT2D eigenvalue weighted by Gasteiger charge is -2.11. The maximum atomic E-state index is 12.3. The molecule has 8 heteroatoms. The molecule has 0 spiro atoms. The van der Waals surface area contributed by atoms with Crippen LogP contribution in [0.2, 0.25) is 5.02 Å². The zero-order valence-electron chi connectivity index (χ0n) is 15.2. The average Bonchev–Trinajstić information content (AvgIpc) is 2.67. The van der Waals surface area contributed by atoms with E-state index < -0.39 is 6.61 Å². The molecule has 1 N–H and O–H groups in total. The Balaban J connectivity index is 1.77. The molecule has 2 aromatic rings. The standard InChI is InChI=1S/C20H20ClF2NO4/c1-27-18-12-13(2-8-17(18)28-20(22)23)10-11-24-19(26)9-7-16(25)14-3-5-15(21)6-4-14/h2-6,8,12,20H,7,9-11H2,1H3,(H,24,26). The molecule has 0 atom stereocenters. The minimum absolute atomic E-state index is 0.0500. The van der Waals surface area contributed by atoms with Crippen molar-refractivity contribution in [2.45, 2.75) is 25.9 Å². The van der Waals surface area contributed by atoms with E-state index in [1.54, 1.807) is 36.4 Å². The van der Waals surface area contributed by atoms with Crippen molar-refractivity contribution in [2.24, 2.45) is 0 Å². The number of halogens is 3. The topological polar surface area (TPSA) is 64.6 Å². The van der Waals surface area contributed by atoms with Gasteiger partial charge in [-0.25, -0.2) is 0 Å². The largest absolute Gasteiger partial charge is 0.493 e. The summed E-state index contributed by atoms with van der Waals surface area (Å²) in [5.41, 5.74) is 1.30. The summed E-state index contributed by atoms with van der Waals surface area (Å²) >= 11 is 5.78. The number of methoxy groups -OCH3 is 1. The van der Waals surface area contributed by atoms with Crippen LogP contribution in [0.4, 0.5) is 8.78 Å². The molecule has 0 bridgehead atoms. The van der Waals surface area contributed by atoms with Crippen LogP contribution < -0.4 is 14.8 Å². The van der Waals surface area contributed by atoms with E-state index in [0.29, 0.717) is 23.6 Å². The van der Waals surface area contributed by atoms with Crippen LogP contribution in [0, 0.1) is 0 Å². The minimum Gasteiger partial charge on any atom is -0.493 e. The molecule has 1 amide bonds. The van der Waals surface area contributed by atoms with Crippen LogP contribution in [0.1, 0.15) is 28.8 Å². The molecule has 0 aromatic heterocycles. The zero-order valence-corrected chi connectivity index (χ0v) is 16.0. The normalized spacial score (nSPS) is 10.6. The number of benzene rings is 2. The van der Waals surface area contributed by atoms with Gasteiger partial charge < -0.3 is 14.8 Å². The van der Waals surface area contributed by atoms with Gasteiger partial charge in [-0.1, -0.05) is 17.7 Å². The fourth-order valence-corrected chi connectivity index (χ4v) is 2.63. The zero-order chi connectivity index (χ0) is 20.5. The van der Waals surface area contributed by atoms with E-state index in [-0.39, 0.29) is 36.0 Å². The number of Topliss-reactive ketones (excluding diaryl/α,β-unsaturated/α-hetero) is 1. The molecule has 0 fully saturated rings. The highest BCUT2D eigenvalue weighted by molar-refractivity contribution is 6.30. The molecular weight excluding hydrogens is 392 g/mol. The highest BCUT2D eigenvalue weighted by Gasteiger charge is 2.12. The first kappa shape index (κ1) is 21.6. The summed E-state index contributed by atoms with van der Waals surface area (Å²) < 4.78 is 34.1. The van der Waals surface area contributed by atoms with Gasteiger partial charge in [-0.2, -0.15) is 8.78 Å². The van der Waals surface area contributed by atoms with Crippen molar-refractivity contribution in [3.05, 3.63) is 58.6 Å². The SMILES string of the molecule is COc1cc(CCNC(=O)CCC(=O)c2ccc(Cl)cc2)ccc1OC(F)F. The third-order valence-electron chi connectivity index (χ3n) is 3.93. The van der Waals surface area contributed by atoms with Crippen molar-refractivity contribution in [3.8, 4) is 11.5 Å². The summed E-state index contributed by atoms with van der Waals surface area (Å²) in [7, 11) is 1.36. The Morgan fingerprint density at radius 1 is 1.07 bits per heavy atom. The number of carbonyl (C=O) groups is 2. The number of ether oxygens (including phenoxy) is 2. The van der Waals surface area contributed by atoms with Crippen LogP contribution in [0.15, 0.2) is 42.5 Å². The van der Waals surface area contributed by atoms with E-state index in [9.17, 15) is 18.4 Å². The fraction of sp³-hybridized carbons (Fsp3) is 0.300. The summed E-state index contributed by atoms with van der Waals surface area (Å²) in [6, 6.07) is 11.1. The smallest absolute Gasteiger partial charge is 0.387 e. The number of nitrogens with one attached hydrogen (secondary N) is 1. The van der Waals surface area contributed by atoms with E-state index in [0.717, 1.165) is 5.56 Å². The number of ketones is 1. The highest BCUT2D eigenvalue weighted by Crippen LogP contribution is 2.29. The molecule has 0 unspecified atom stereocenters. The first-order valence-corrected chi connectivity index (χ1v) is 8.94. The van der Waals surface area contributed by atoms with E-state index in [1.165, 1.54) is 13.2 Å². The van der Waals surface area contributed by atoms with E-state index in [1.807, 2.05) is 0 Å². The molecule has 0 saturated heterocycles. The lowest BCUT2D eigenvalue weighted by Crippen LogP contribution is -2.26. The molecule has 28 heavy (non-hydrogen) atoms. The van der Waals surface area contributed by atoms with Gasteiger partial charge in [0.15, 0.2) is 17.3 Å². The third-order valence-corrected chi connectivity index (χ3v) is 4.18. The van der Waals surface area contributed by atoms with Gasteiger partial charge >= 0.3 is 6.61 Å². The second-order valence-electron chi connectivity index (χ2n) is 5.89. The summed E-state index contributed by atoms with van der Waals surface area (Å²) in [5, 5.41) is 3.27. The Labute approximate surface area is 166 Å². The monoisotopic (exact) mass is 411 g/mol. The summed E-state index contributed by atoms with van der Waals surface area (Å²) in [5.74, 6) is -0.234.